The Morgan fingerprint density at radius 2 is 1.73 bits per heavy atom. The Hall–Kier alpha value is -3.61. The molecule has 154 valence electrons. The van der Waals surface area contributed by atoms with Gasteiger partial charge in [0.05, 0.1) is 12.7 Å². The number of aromatic nitrogens is 1. The van der Waals surface area contributed by atoms with E-state index in [0.29, 0.717) is 16.9 Å². The van der Waals surface area contributed by atoms with Gasteiger partial charge in [-0.25, -0.2) is 4.79 Å². The molecular formula is C23H22N2O5. The van der Waals surface area contributed by atoms with Crippen LogP contribution in [0.25, 0.3) is 10.9 Å². The Morgan fingerprint density at radius 3 is 2.50 bits per heavy atom. The number of carbonyl (C=O) groups excluding carboxylic acids is 3. The summed E-state index contributed by atoms with van der Waals surface area (Å²) >= 11 is 0. The molecule has 7 heteroatoms. The normalized spacial score (nSPS) is 12.8. The smallest absolute Gasteiger partial charge is 0.338 e. The summed E-state index contributed by atoms with van der Waals surface area (Å²) in [6.45, 7) is -0.538. The fourth-order valence-corrected chi connectivity index (χ4v) is 3.72. The number of hydrogen-bond acceptors (Lipinski definition) is 5. The molecule has 7 nitrogen and oxygen atoms in total. The summed E-state index contributed by atoms with van der Waals surface area (Å²) in [7, 11) is 1.52. The van der Waals surface area contributed by atoms with Crippen LogP contribution in [0.5, 0.6) is 5.75 Å². The van der Waals surface area contributed by atoms with Crippen molar-refractivity contribution in [1.29, 1.82) is 0 Å². The summed E-state index contributed by atoms with van der Waals surface area (Å²) in [5.74, 6) is -1.26. The second-order valence-corrected chi connectivity index (χ2v) is 7.23. The molecule has 0 saturated heterocycles. The van der Waals surface area contributed by atoms with Crippen LogP contribution in [0.3, 0.4) is 0 Å². The molecule has 2 amide bonds. The molecule has 3 aromatic rings. The van der Waals surface area contributed by atoms with Gasteiger partial charge in [0.25, 0.3) is 11.8 Å². The van der Waals surface area contributed by atoms with Crippen LogP contribution in [0.15, 0.2) is 42.5 Å². The summed E-state index contributed by atoms with van der Waals surface area (Å²) in [5, 5.41) is 3.23. The number of amides is 2. The molecule has 2 aromatic carbocycles. The molecule has 0 bridgehead atoms. The molecule has 0 saturated carbocycles. The fraction of sp³-hybridized carbons (Fsp3) is 0.261. The number of benzene rings is 2. The van der Waals surface area contributed by atoms with Crippen LogP contribution in [-0.4, -0.2) is 36.5 Å². The molecule has 0 unspecified atom stereocenters. The third-order valence-electron chi connectivity index (χ3n) is 5.27. The third kappa shape index (κ3) is 4.05. The highest BCUT2D eigenvalue weighted by molar-refractivity contribution is 6.05. The van der Waals surface area contributed by atoms with Crippen molar-refractivity contribution in [2.75, 3.05) is 13.7 Å². The Kier molecular flexibility index (Phi) is 5.52. The number of hydrogen-bond donors (Lipinski definition) is 2. The minimum Gasteiger partial charge on any atom is -0.497 e. The van der Waals surface area contributed by atoms with Crippen molar-refractivity contribution in [3.05, 3.63) is 64.8 Å². The highest BCUT2D eigenvalue weighted by Crippen LogP contribution is 2.29. The highest BCUT2D eigenvalue weighted by Gasteiger charge is 2.18. The van der Waals surface area contributed by atoms with Crippen LogP contribution in [-0.2, 0) is 22.4 Å². The van der Waals surface area contributed by atoms with E-state index >= 15 is 0 Å². The lowest BCUT2D eigenvalue weighted by molar-refractivity contribution is -0.123. The van der Waals surface area contributed by atoms with Crippen molar-refractivity contribution in [1.82, 2.24) is 10.3 Å². The molecule has 4 rings (SSSR count). The predicted molar refractivity (Wildman–Crippen MR) is 111 cm³/mol. The lowest BCUT2D eigenvalue weighted by atomic mass is 9.95. The van der Waals surface area contributed by atoms with E-state index in [1.165, 1.54) is 24.8 Å². The molecule has 1 heterocycles. The van der Waals surface area contributed by atoms with Gasteiger partial charge in [0.2, 0.25) is 0 Å². The maximum absolute atomic E-state index is 12.4. The number of H-pyrrole nitrogens is 1. The number of methoxy groups -OCH3 is 1. The van der Waals surface area contributed by atoms with Crippen LogP contribution < -0.4 is 10.1 Å². The van der Waals surface area contributed by atoms with Crippen LogP contribution in [0.4, 0.5) is 0 Å². The first-order valence-corrected chi connectivity index (χ1v) is 9.84. The molecule has 1 aliphatic carbocycles. The van der Waals surface area contributed by atoms with E-state index in [0.717, 1.165) is 30.2 Å². The Bertz CT molecular complexity index is 1110. The number of rotatable bonds is 5. The molecule has 1 aromatic heterocycles. The molecular weight excluding hydrogens is 384 g/mol. The van der Waals surface area contributed by atoms with Gasteiger partial charge in [0.1, 0.15) is 5.75 Å². The standard InChI is InChI=1S/C23H22N2O5/c1-29-16-9-6-14(7-10-16)22(27)25-21(26)13-30-23(28)15-8-11-20-18(12-15)17-4-2-3-5-19(17)24-20/h6-12,24H,2-5,13H2,1H3,(H,25,26,27). The monoisotopic (exact) mass is 406 g/mol. The van der Waals surface area contributed by atoms with E-state index in [2.05, 4.69) is 10.3 Å². The van der Waals surface area contributed by atoms with Crippen LogP contribution >= 0.6 is 0 Å². The number of carbonyl (C=O) groups is 3. The van der Waals surface area contributed by atoms with E-state index < -0.39 is 24.4 Å². The van der Waals surface area contributed by atoms with Gasteiger partial charge in [-0.3, -0.25) is 14.9 Å². The summed E-state index contributed by atoms with van der Waals surface area (Å²) < 4.78 is 10.1. The fourth-order valence-electron chi connectivity index (χ4n) is 3.72. The average Bonchev–Trinajstić information content (AvgIpc) is 3.15. The lowest BCUT2D eigenvalue weighted by Gasteiger charge is -2.10. The van der Waals surface area contributed by atoms with Gasteiger partial charge in [-0.2, -0.15) is 0 Å². The first-order chi connectivity index (χ1) is 14.5. The van der Waals surface area contributed by atoms with E-state index in [1.807, 2.05) is 6.07 Å². The first kappa shape index (κ1) is 19.7. The minimum absolute atomic E-state index is 0.304. The van der Waals surface area contributed by atoms with E-state index in [9.17, 15) is 14.4 Å². The van der Waals surface area contributed by atoms with Crippen molar-refractivity contribution in [2.24, 2.45) is 0 Å². The lowest BCUT2D eigenvalue weighted by Crippen LogP contribution is -2.34. The van der Waals surface area contributed by atoms with Gasteiger partial charge >= 0.3 is 5.97 Å². The van der Waals surface area contributed by atoms with E-state index in [4.69, 9.17) is 9.47 Å². The van der Waals surface area contributed by atoms with Gasteiger partial charge in [-0.05, 0) is 73.7 Å². The maximum Gasteiger partial charge on any atom is 0.338 e. The van der Waals surface area contributed by atoms with Crippen molar-refractivity contribution in [3.63, 3.8) is 0 Å². The molecule has 0 atom stereocenters. The summed E-state index contributed by atoms with van der Waals surface area (Å²) in [4.78, 5) is 39.9. The van der Waals surface area contributed by atoms with Gasteiger partial charge < -0.3 is 14.5 Å². The number of esters is 1. The van der Waals surface area contributed by atoms with Crippen molar-refractivity contribution in [3.8, 4) is 5.75 Å². The Morgan fingerprint density at radius 1 is 1.00 bits per heavy atom. The number of aryl methyl sites for hydroxylation is 2. The second-order valence-electron chi connectivity index (χ2n) is 7.23. The minimum atomic E-state index is -0.690. The quantitative estimate of drug-likeness (QED) is 0.635. The van der Waals surface area contributed by atoms with Crippen molar-refractivity contribution >= 4 is 28.7 Å². The Labute approximate surface area is 173 Å². The van der Waals surface area contributed by atoms with Crippen LogP contribution in [0.2, 0.25) is 0 Å². The van der Waals surface area contributed by atoms with Crippen LogP contribution in [0, 0.1) is 0 Å². The molecule has 0 aliphatic heterocycles. The number of nitrogens with one attached hydrogen (secondary N) is 2. The molecule has 1 aliphatic rings. The summed E-state index contributed by atoms with van der Waals surface area (Å²) in [5.41, 5.74) is 4.18. The molecule has 0 fully saturated rings. The number of ether oxygens (including phenoxy) is 2. The van der Waals surface area contributed by atoms with E-state index in [1.54, 1.807) is 36.4 Å². The summed E-state index contributed by atoms with van der Waals surface area (Å²) in [6, 6.07) is 11.7. The number of fused-ring (bicyclic) bond motifs is 3. The zero-order chi connectivity index (χ0) is 21.1. The zero-order valence-electron chi connectivity index (χ0n) is 16.6. The Balaban J connectivity index is 1.36. The molecule has 0 spiro atoms. The van der Waals surface area contributed by atoms with Gasteiger partial charge in [0, 0.05) is 22.2 Å². The summed E-state index contributed by atoms with van der Waals surface area (Å²) in [6.07, 6.45) is 4.31. The zero-order valence-corrected chi connectivity index (χ0v) is 16.6. The molecule has 2 N–H and O–H groups in total. The van der Waals surface area contributed by atoms with E-state index in [-0.39, 0.29) is 0 Å². The van der Waals surface area contributed by atoms with Gasteiger partial charge in [-0.1, -0.05) is 0 Å². The first-order valence-electron chi connectivity index (χ1n) is 9.84. The predicted octanol–water partition coefficient (Wildman–Crippen LogP) is 3.17. The van der Waals surface area contributed by atoms with Gasteiger partial charge in [-0.15, -0.1) is 0 Å². The topological polar surface area (TPSA) is 97.5 Å². The number of aromatic amines is 1. The average molecular weight is 406 g/mol. The molecule has 0 radical (unpaired) electrons. The maximum atomic E-state index is 12.4. The largest absolute Gasteiger partial charge is 0.497 e. The third-order valence-corrected chi connectivity index (χ3v) is 5.27. The SMILES string of the molecule is COc1ccc(C(=O)NC(=O)COC(=O)c2ccc3[nH]c4c(c3c2)CCCC4)cc1. The van der Waals surface area contributed by atoms with Crippen molar-refractivity contribution < 1.29 is 23.9 Å². The van der Waals surface area contributed by atoms with Crippen LogP contribution in [0.1, 0.15) is 44.8 Å². The van der Waals surface area contributed by atoms with Gasteiger partial charge in [0.15, 0.2) is 6.61 Å². The number of imide groups is 1. The highest BCUT2D eigenvalue weighted by atomic mass is 16.5. The molecule has 30 heavy (non-hydrogen) atoms. The second kappa shape index (κ2) is 8.41. The van der Waals surface area contributed by atoms with Crippen molar-refractivity contribution in [2.45, 2.75) is 25.7 Å².